The second kappa shape index (κ2) is 5.78. The van der Waals surface area contributed by atoms with Crippen LogP contribution in [0.15, 0.2) is 47.6 Å². The van der Waals surface area contributed by atoms with Crippen molar-refractivity contribution in [1.29, 1.82) is 0 Å². The summed E-state index contributed by atoms with van der Waals surface area (Å²) < 4.78 is 0. The van der Waals surface area contributed by atoms with Crippen LogP contribution in [0.5, 0.6) is 0 Å². The van der Waals surface area contributed by atoms with Crippen LogP contribution in [-0.4, -0.2) is 35.7 Å². The molecular weight excluding hydrogens is 288 g/mol. The van der Waals surface area contributed by atoms with Crippen LogP contribution in [-0.2, 0) is 4.84 Å². The van der Waals surface area contributed by atoms with Crippen LogP contribution in [0.2, 0.25) is 0 Å². The number of carbonyl (C=O) groups is 1. The average molecular weight is 308 g/mol. The largest absolute Gasteiger partial charge is 0.366 e. The number of hydrogen-bond donors (Lipinski definition) is 0. The maximum absolute atomic E-state index is 12.4. The molecule has 118 valence electrons. The summed E-state index contributed by atoms with van der Waals surface area (Å²) >= 11 is 0. The molecule has 2 aromatic carbocycles. The maximum Gasteiger partial charge on any atom is 0.366 e. The second-order valence-corrected chi connectivity index (χ2v) is 6.52. The molecule has 0 amide bonds. The third-order valence-corrected chi connectivity index (χ3v) is 5.19. The highest BCUT2D eigenvalue weighted by Gasteiger charge is 2.37. The van der Waals surface area contributed by atoms with Gasteiger partial charge in [0.15, 0.2) is 0 Å². The number of fused-ring (bicyclic) bond motifs is 3. The molecule has 0 saturated carbocycles. The number of rotatable bonds is 2. The Hall–Kier alpha value is -2.20. The van der Waals surface area contributed by atoms with Crippen molar-refractivity contribution in [3.63, 3.8) is 0 Å². The third-order valence-electron chi connectivity index (χ3n) is 5.19. The zero-order valence-corrected chi connectivity index (χ0v) is 13.2. The lowest BCUT2D eigenvalue weighted by molar-refractivity contribution is 0.0513. The molecule has 2 aliphatic heterocycles. The SMILES string of the molecule is CN1C2CCC1CC(=NOC(=O)c1cccc3ccccc13)C2. The van der Waals surface area contributed by atoms with Gasteiger partial charge in [0.05, 0.1) is 11.3 Å². The Kier molecular flexibility index (Phi) is 3.62. The maximum atomic E-state index is 12.4. The summed E-state index contributed by atoms with van der Waals surface area (Å²) in [5.74, 6) is -0.374. The van der Waals surface area contributed by atoms with Crippen molar-refractivity contribution in [2.45, 2.75) is 37.8 Å². The minimum Gasteiger partial charge on any atom is -0.313 e. The monoisotopic (exact) mass is 308 g/mol. The van der Waals surface area contributed by atoms with Crippen LogP contribution < -0.4 is 0 Å². The van der Waals surface area contributed by atoms with E-state index >= 15 is 0 Å². The van der Waals surface area contributed by atoms with Crippen LogP contribution in [0, 0.1) is 0 Å². The van der Waals surface area contributed by atoms with Crippen LogP contribution >= 0.6 is 0 Å². The third kappa shape index (κ3) is 2.63. The minimum absolute atomic E-state index is 0.374. The molecule has 0 spiro atoms. The van der Waals surface area contributed by atoms with E-state index in [9.17, 15) is 4.79 Å². The Balaban J connectivity index is 1.53. The molecule has 4 rings (SSSR count). The predicted molar refractivity (Wildman–Crippen MR) is 90.6 cm³/mol. The molecule has 2 fully saturated rings. The van der Waals surface area contributed by atoms with E-state index in [1.165, 1.54) is 12.8 Å². The van der Waals surface area contributed by atoms with Gasteiger partial charge in [-0.2, -0.15) is 0 Å². The molecule has 2 unspecified atom stereocenters. The van der Waals surface area contributed by atoms with Gasteiger partial charge in [0.2, 0.25) is 0 Å². The van der Waals surface area contributed by atoms with E-state index in [1.54, 1.807) is 6.07 Å². The normalized spacial score (nSPS) is 24.0. The van der Waals surface area contributed by atoms with Gasteiger partial charge in [-0.3, -0.25) is 4.90 Å². The molecule has 4 nitrogen and oxygen atoms in total. The first-order chi connectivity index (χ1) is 11.2. The summed E-state index contributed by atoms with van der Waals surface area (Å²) in [6, 6.07) is 14.6. The molecule has 2 aliphatic rings. The molecule has 4 heteroatoms. The molecule has 0 aliphatic carbocycles. The van der Waals surface area contributed by atoms with Crippen molar-refractivity contribution in [3.8, 4) is 0 Å². The summed E-state index contributed by atoms with van der Waals surface area (Å²) in [4.78, 5) is 20.1. The van der Waals surface area contributed by atoms with Crippen LogP contribution in [0.1, 0.15) is 36.0 Å². The van der Waals surface area contributed by atoms with Gasteiger partial charge in [-0.15, -0.1) is 0 Å². The lowest BCUT2D eigenvalue weighted by atomic mass is 10.0. The van der Waals surface area contributed by atoms with E-state index in [-0.39, 0.29) is 5.97 Å². The van der Waals surface area contributed by atoms with E-state index in [2.05, 4.69) is 17.1 Å². The molecule has 2 heterocycles. The minimum atomic E-state index is -0.374. The van der Waals surface area contributed by atoms with Gasteiger partial charge in [0, 0.05) is 24.9 Å². The van der Waals surface area contributed by atoms with Gasteiger partial charge >= 0.3 is 5.97 Å². The predicted octanol–water partition coefficient (Wildman–Crippen LogP) is 3.61. The second-order valence-electron chi connectivity index (χ2n) is 6.52. The molecule has 2 atom stereocenters. The molecule has 2 bridgehead atoms. The standard InChI is InChI=1S/C19H20N2O2/c1-21-15-9-10-16(21)12-14(11-15)20-23-19(22)18-8-4-6-13-5-2-3-7-17(13)18/h2-8,15-16H,9-12H2,1H3. The van der Waals surface area contributed by atoms with Crippen molar-refractivity contribution in [2.24, 2.45) is 5.16 Å². The quantitative estimate of drug-likeness (QED) is 0.628. The van der Waals surface area contributed by atoms with Gasteiger partial charge in [0.25, 0.3) is 0 Å². The number of oxime groups is 1. The Bertz CT molecular complexity index is 763. The Morgan fingerprint density at radius 3 is 2.57 bits per heavy atom. The zero-order valence-electron chi connectivity index (χ0n) is 13.2. The number of carbonyl (C=O) groups excluding carboxylic acids is 1. The highest BCUT2D eigenvalue weighted by molar-refractivity contribution is 6.04. The van der Waals surface area contributed by atoms with Crippen molar-refractivity contribution >= 4 is 22.5 Å². The molecular formula is C19H20N2O2. The van der Waals surface area contributed by atoms with E-state index in [1.807, 2.05) is 36.4 Å². The fourth-order valence-electron chi connectivity index (χ4n) is 3.84. The number of piperidine rings is 1. The first-order valence-corrected chi connectivity index (χ1v) is 8.19. The van der Waals surface area contributed by atoms with Crippen molar-refractivity contribution in [1.82, 2.24) is 4.90 Å². The number of hydrogen-bond acceptors (Lipinski definition) is 4. The molecule has 2 saturated heterocycles. The van der Waals surface area contributed by atoms with E-state index < -0.39 is 0 Å². The first kappa shape index (κ1) is 14.4. The highest BCUT2D eigenvalue weighted by atomic mass is 16.7. The number of nitrogens with zero attached hydrogens (tertiary/aromatic N) is 2. The molecule has 0 aromatic heterocycles. The van der Waals surface area contributed by atoms with Gasteiger partial charge in [0.1, 0.15) is 0 Å². The van der Waals surface area contributed by atoms with Crippen LogP contribution in [0.25, 0.3) is 10.8 Å². The summed E-state index contributed by atoms with van der Waals surface area (Å²) in [6.45, 7) is 0. The lowest BCUT2D eigenvalue weighted by Gasteiger charge is -2.31. The van der Waals surface area contributed by atoms with Crippen molar-refractivity contribution < 1.29 is 9.63 Å². The Morgan fingerprint density at radius 1 is 1.09 bits per heavy atom. The summed E-state index contributed by atoms with van der Waals surface area (Å²) in [5.41, 5.74) is 1.59. The first-order valence-electron chi connectivity index (χ1n) is 8.19. The molecule has 2 aromatic rings. The fourth-order valence-corrected chi connectivity index (χ4v) is 3.84. The van der Waals surface area contributed by atoms with E-state index in [4.69, 9.17) is 4.84 Å². The highest BCUT2D eigenvalue weighted by Crippen LogP contribution is 2.32. The smallest absolute Gasteiger partial charge is 0.313 e. The van der Waals surface area contributed by atoms with Crippen molar-refractivity contribution in [3.05, 3.63) is 48.0 Å². The summed E-state index contributed by atoms with van der Waals surface area (Å²) in [6.07, 6.45) is 4.26. The van der Waals surface area contributed by atoms with Crippen molar-refractivity contribution in [2.75, 3.05) is 7.05 Å². The van der Waals surface area contributed by atoms with Crippen LogP contribution in [0.4, 0.5) is 0 Å². The van der Waals surface area contributed by atoms with Gasteiger partial charge in [-0.25, -0.2) is 4.79 Å². The summed E-state index contributed by atoms with van der Waals surface area (Å²) in [5, 5.41) is 6.12. The molecule has 0 radical (unpaired) electrons. The van der Waals surface area contributed by atoms with Crippen LogP contribution in [0.3, 0.4) is 0 Å². The fraction of sp³-hybridized carbons (Fsp3) is 0.368. The zero-order chi connectivity index (χ0) is 15.8. The average Bonchev–Trinajstić information content (AvgIpc) is 2.80. The molecule has 0 N–H and O–H groups in total. The van der Waals surface area contributed by atoms with Gasteiger partial charge in [-0.1, -0.05) is 41.6 Å². The molecule has 23 heavy (non-hydrogen) atoms. The van der Waals surface area contributed by atoms with E-state index in [0.29, 0.717) is 17.6 Å². The summed E-state index contributed by atoms with van der Waals surface area (Å²) in [7, 11) is 2.18. The van der Waals surface area contributed by atoms with Gasteiger partial charge in [-0.05, 0) is 36.7 Å². The lowest BCUT2D eigenvalue weighted by Crippen LogP contribution is -2.40. The Morgan fingerprint density at radius 2 is 1.78 bits per heavy atom. The Labute approximate surface area is 135 Å². The van der Waals surface area contributed by atoms with Gasteiger partial charge < -0.3 is 4.84 Å². The van der Waals surface area contributed by atoms with E-state index in [0.717, 1.165) is 29.3 Å². The topological polar surface area (TPSA) is 41.9 Å². The number of benzene rings is 2.